The van der Waals surface area contributed by atoms with Crippen LogP contribution in [0.5, 0.6) is 0 Å². The summed E-state index contributed by atoms with van der Waals surface area (Å²) >= 11 is 2.12. The van der Waals surface area contributed by atoms with Crippen molar-refractivity contribution in [3.05, 3.63) is 18.2 Å². The topological polar surface area (TPSA) is 29.9 Å². The molecule has 1 aliphatic heterocycles. The Balaban J connectivity index is 2.09. The molecule has 0 spiro atoms. The number of hydrogen-bond acceptors (Lipinski definition) is 3. The van der Waals surface area contributed by atoms with E-state index in [1.807, 2.05) is 12.4 Å². The van der Waals surface area contributed by atoms with Crippen LogP contribution in [0.4, 0.5) is 0 Å². The van der Waals surface area contributed by atoms with Gasteiger partial charge >= 0.3 is 0 Å². The van der Waals surface area contributed by atoms with E-state index in [-0.39, 0.29) is 0 Å². The Hall–Kier alpha value is -0.480. The molecule has 3 nitrogen and oxygen atoms in total. The van der Waals surface area contributed by atoms with Crippen molar-refractivity contribution < 1.29 is 0 Å². The quantitative estimate of drug-likeness (QED) is 0.872. The summed E-state index contributed by atoms with van der Waals surface area (Å²) in [4.78, 5) is 4.45. The van der Waals surface area contributed by atoms with Gasteiger partial charge in [0.2, 0.25) is 0 Å². The summed E-state index contributed by atoms with van der Waals surface area (Å²) < 4.78 is 2.51. The lowest BCUT2D eigenvalue weighted by Crippen LogP contribution is -2.47. The fraction of sp³-hybridized carbons (Fsp3) is 0.769. The Morgan fingerprint density at radius 2 is 2.47 bits per heavy atom. The zero-order valence-electron chi connectivity index (χ0n) is 11.1. The molecular weight excluding hydrogens is 230 g/mol. The van der Waals surface area contributed by atoms with Crippen molar-refractivity contribution in [1.29, 1.82) is 0 Å². The number of hydrogen-bond donors (Lipinski definition) is 1. The lowest BCUT2D eigenvalue weighted by atomic mass is 9.93. The maximum Gasteiger partial charge on any atom is 0.109 e. The van der Waals surface area contributed by atoms with E-state index in [9.17, 15) is 0 Å². The van der Waals surface area contributed by atoms with Crippen LogP contribution in [0.25, 0.3) is 0 Å². The summed E-state index contributed by atoms with van der Waals surface area (Å²) in [5, 5.41) is 3.66. The van der Waals surface area contributed by atoms with E-state index in [1.54, 1.807) is 0 Å². The predicted molar refractivity (Wildman–Crippen MR) is 74.5 cm³/mol. The molecule has 96 valence electrons. The molecule has 0 aromatic carbocycles. The molecule has 1 aromatic heterocycles. The van der Waals surface area contributed by atoms with Gasteiger partial charge in [-0.15, -0.1) is 0 Å². The molecule has 1 aromatic rings. The number of imidazole rings is 1. The summed E-state index contributed by atoms with van der Waals surface area (Å²) in [6.45, 7) is 5.63. The predicted octanol–water partition coefficient (Wildman–Crippen LogP) is 2.23. The van der Waals surface area contributed by atoms with E-state index in [4.69, 9.17) is 0 Å². The van der Waals surface area contributed by atoms with Crippen LogP contribution >= 0.6 is 11.8 Å². The van der Waals surface area contributed by atoms with Crippen LogP contribution in [0.3, 0.4) is 0 Å². The van der Waals surface area contributed by atoms with Crippen molar-refractivity contribution in [1.82, 2.24) is 14.9 Å². The third-order valence-electron chi connectivity index (χ3n) is 3.74. The molecule has 0 bridgehead atoms. The highest BCUT2D eigenvalue weighted by atomic mass is 32.2. The van der Waals surface area contributed by atoms with Gasteiger partial charge in [0.15, 0.2) is 0 Å². The maximum absolute atomic E-state index is 4.45. The summed E-state index contributed by atoms with van der Waals surface area (Å²) in [5.41, 5.74) is 0. The maximum atomic E-state index is 4.45. The van der Waals surface area contributed by atoms with Crippen molar-refractivity contribution >= 4 is 11.8 Å². The first kappa shape index (κ1) is 13.0. The molecule has 2 rings (SSSR count). The molecule has 1 N–H and O–H groups in total. The second kappa shape index (κ2) is 5.44. The van der Waals surface area contributed by atoms with Crippen molar-refractivity contribution in [2.45, 2.75) is 43.9 Å². The monoisotopic (exact) mass is 253 g/mol. The van der Waals surface area contributed by atoms with Crippen LogP contribution in [0, 0.1) is 0 Å². The van der Waals surface area contributed by atoms with Crippen molar-refractivity contribution in [2.75, 3.05) is 12.3 Å². The second-order valence-corrected chi connectivity index (χ2v) is 6.66. The molecular formula is C13H23N3S. The minimum atomic E-state index is 0.377. The van der Waals surface area contributed by atoms with E-state index in [2.05, 4.69) is 47.5 Å². The van der Waals surface area contributed by atoms with Gasteiger partial charge < -0.3 is 9.88 Å². The number of aryl methyl sites for hydroxylation is 1. The van der Waals surface area contributed by atoms with Crippen molar-refractivity contribution in [2.24, 2.45) is 7.05 Å². The lowest BCUT2D eigenvalue weighted by molar-refractivity contribution is 0.397. The molecule has 1 saturated heterocycles. The lowest BCUT2D eigenvalue weighted by Gasteiger charge is -2.33. The Morgan fingerprint density at radius 3 is 3.00 bits per heavy atom. The normalized spacial score (nSPS) is 26.3. The number of rotatable bonds is 5. The molecule has 2 atom stereocenters. The van der Waals surface area contributed by atoms with Crippen LogP contribution in [-0.2, 0) is 13.5 Å². The van der Waals surface area contributed by atoms with Crippen molar-refractivity contribution in [3.63, 3.8) is 0 Å². The highest BCUT2D eigenvalue weighted by molar-refractivity contribution is 8.00. The Bertz CT molecular complexity index is 355. The average molecular weight is 253 g/mol. The zero-order valence-corrected chi connectivity index (χ0v) is 11.9. The van der Waals surface area contributed by atoms with Gasteiger partial charge in [0, 0.05) is 36.7 Å². The molecule has 4 heteroatoms. The summed E-state index contributed by atoms with van der Waals surface area (Å²) in [6, 6.07) is 0.529. The average Bonchev–Trinajstić information content (AvgIpc) is 2.89. The number of likely N-dealkylation sites (N-methyl/N-ethyl adjacent to an activating group) is 1. The summed E-state index contributed by atoms with van der Waals surface area (Å²) in [6.07, 6.45) is 7.62. The molecule has 2 unspecified atom stereocenters. The first-order chi connectivity index (χ1) is 8.15. The molecule has 0 saturated carbocycles. The van der Waals surface area contributed by atoms with E-state index >= 15 is 0 Å². The minimum Gasteiger partial charge on any atom is -0.338 e. The zero-order chi connectivity index (χ0) is 12.3. The van der Waals surface area contributed by atoms with Gasteiger partial charge in [-0.1, -0.05) is 6.92 Å². The van der Waals surface area contributed by atoms with Gasteiger partial charge in [-0.05, 0) is 32.1 Å². The minimum absolute atomic E-state index is 0.377. The fourth-order valence-corrected chi connectivity index (χ4v) is 4.01. The molecule has 0 aliphatic carbocycles. The van der Waals surface area contributed by atoms with Gasteiger partial charge in [-0.25, -0.2) is 4.98 Å². The second-order valence-electron chi connectivity index (χ2n) is 5.03. The number of nitrogens with one attached hydrogen (secondary N) is 1. The smallest absolute Gasteiger partial charge is 0.109 e. The van der Waals surface area contributed by atoms with Gasteiger partial charge in [0.1, 0.15) is 5.82 Å². The number of nitrogens with zero attached hydrogens (tertiary/aromatic N) is 2. The third-order valence-corrected chi connectivity index (χ3v) is 5.39. The van der Waals surface area contributed by atoms with Crippen LogP contribution in [-0.4, -0.2) is 32.6 Å². The fourth-order valence-electron chi connectivity index (χ4n) is 2.60. The van der Waals surface area contributed by atoms with Crippen LogP contribution in [0.1, 0.15) is 32.5 Å². The van der Waals surface area contributed by atoms with Gasteiger partial charge in [0.05, 0.1) is 0 Å². The molecule has 1 fully saturated rings. The van der Waals surface area contributed by atoms with Crippen LogP contribution in [0.2, 0.25) is 0 Å². The Morgan fingerprint density at radius 1 is 1.65 bits per heavy atom. The van der Waals surface area contributed by atoms with Gasteiger partial charge in [-0.2, -0.15) is 11.8 Å². The van der Waals surface area contributed by atoms with E-state index in [1.165, 1.54) is 24.4 Å². The largest absolute Gasteiger partial charge is 0.338 e. The Kier molecular flexibility index (Phi) is 4.15. The van der Waals surface area contributed by atoms with Gasteiger partial charge in [0.25, 0.3) is 0 Å². The first-order valence-electron chi connectivity index (χ1n) is 6.49. The molecule has 0 radical (unpaired) electrons. The molecule has 17 heavy (non-hydrogen) atoms. The van der Waals surface area contributed by atoms with Crippen LogP contribution < -0.4 is 5.32 Å². The van der Waals surface area contributed by atoms with Crippen LogP contribution in [0.15, 0.2) is 12.4 Å². The highest BCUT2D eigenvalue weighted by Crippen LogP contribution is 2.41. The standard InChI is InChI=1S/C13H23N3S/c1-4-14-11(13(2)6-5-9-17-13)10-12-15-7-8-16(12)3/h7-8,11,14H,4-6,9-10H2,1-3H3. The van der Waals surface area contributed by atoms with Gasteiger partial charge in [-0.3, -0.25) is 0 Å². The van der Waals surface area contributed by atoms with Crippen molar-refractivity contribution in [3.8, 4) is 0 Å². The summed E-state index contributed by atoms with van der Waals surface area (Å²) in [7, 11) is 2.08. The number of thioether (sulfide) groups is 1. The highest BCUT2D eigenvalue weighted by Gasteiger charge is 2.37. The van der Waals surface area contributed by atoms with E-state index < -0.39 is 0 Å². The van der Waals surface area contributed by atoms with E-state index in [0.717, 1.165) is 13.0 Å². The number of aromatic nitrogens is 2. The summed E-state index contributed by atoms with van der Waals surface area (Å²) in [5.74, 6) is 2.49. The third kappa shape index (κ3) is 2.86. The van der Waals surface area contributed by atoms with E-state index in [0.29, 0.717) is 10.8 Å². The SMILES string of the molecule is CCNC(Cc1nccn1C)C1(C)CCCS1. The molecule has 1 aliphatic rings. The Labute approximate surface area is 108 Å². The first-order valence-corrected chi connectivity index (χ1v) is 7.48. The molecule has 2 heterocycles. The molecule has 0 amide bonds.